The Labute approximate surface area is 149 Å². The minimum atomic E-state index is -4.21. The summed E-state index contributed by atoms with van der Waals surface area (Å²) in [5, 5.41) is 10.1. The van der Waals surface area contributed by atoms with E-state index in [1.807, 2.05) is 0 Å². The summed E-state index contributed by atoms with van der Waals surface area (Å²) in [5.41, 5.74) is -0.0916. The molecule has 0 saturated carbocycles. The first-order valence-corrected chi connectivity index (χ1v) is 9.33. The number of aromatic hydroxyl groups is 1. The van der Waals surface area contributed by atoms with Crippen molar-refractivity contribution in [3.05, 3.63) is 23.5 Å². The van der Waals surface area contributed by atoms with Gasteiger partial charge in [-0.25, -0.2) is 18.2 Å². The summed E-state index contributed by atoms with van der Waals surface area (Å²) in [6.07, 6.45) is 0.689. The molecule has 2 amide bonds. The zero-order valence-corrected chi connectivity index (χ0v) is 14.8. The number of phenols is 1. The number of nitrogens with zero attached hydrogens (tertiary/aromatic N) is 2. The van der Waals surface area contributed by atoms with Gasteiger partial charge in [-0.05, 0) is 36.5 Å². The lowest BCUT2D eigenvalue weighted by molar-refractivity contribution is -0.117. The molecular weight excluding hydrogens is 369 g/mol. The molecular formula is C15H18FN3O6S. The lowest BCUT2D eigenvalue weighted by Gasteiger charge is -2.18. The number of methoxy groups -OCH3 is 1. The van der Waals surface area contributed by atoms with Crippen molar-refractivity contribution in [3.8, 4) is 5.75 Å². The van der Waals surface area contributed by atoms with E-state index in [0.29, 0.717) is 35.8 Å². The second-order valence-corrected chi connectivity index (χ2v) is 7.85. The van der Waals surface area contributed by atoms with Crippen molar-refractivity contribution in [2.24, 2.45) is 5.92 Å². The minimum absolute atomic E-state index is 0.0671. The number of hydrogen-bond acceptors (Lipinski definition) is 6. The van der Waals surface area contributed by atoms with Crippen molar-refractivity contribution < 1.29 is 32.2 Å². The number of rotatable bonds is 3. The molecule has 2 fully saturated rings. The van der Waals surface area contributed by atoms with Gasteiger partial charge in [0.15, 0.2) is 5.82 Å². The van der Waals surface area contributed by atoms with Gasteiger partial charge in [-0.15, -0.1) is 0 Å². The fraction of sp³-hybridized carbons (Fsp3) is 0.467. The molecule has 3 rings (SSSR count). The van der Waals surface area contributed by atoms with Crippen LogP contribution >= 0.6 is 0 Å². The number of carbonyl (C=O) groups excluding carboxylic acids is 2. The van der Waals surface area contributed by atoms with Crippen molar-refractivity contribution in [3.63, 3.8) is 0 Å². The van der Waals surface area contributed by atoms with Crippen molar-refractivity contribution in [1.82, 2.24) is 9.62 Å². The molecule has 26 heavy (non-hydrogen) atoms. The van der Waals surface area contributed by atoms with Gasteiger partial charge >= 0.3 is 16.3 Å². The normalized spacial score (nSPS) is 21.8. The number of anilines is 1. The number of nitrogens with one attached hydrogen (secondary N) is 1. The van der Waals surface area contributed by atoms with Crippen molar-refractivity contribution in [2.75, 3.05) is 31.0 Å². The summed E-state index contributed by atoms with van der Waals surface area (Å²) < 4.78 is 45.0. The number of halogens is 1. The molecule has 2 N–H and O–H groups in total. The minimum Gasteiger partial charge on any atom is -0.506 e. The van der Waals surface area contributed by atoms with Crippen LogP contribution in [0.5, 0.6) is 5.75 Å². The van der Waals surface area contributed by atoms with E-state index in [-0.39, 0.29) is 5.92 Å². The van der Waals surface area contributed by atoms with Gasteiger partial charge in [0.25, 0.3) is 5.91 Å². The standard InChI is InChI=1S/C15H18FN3O6S/c1-25-15(22)18-3-2-9(7-18)4-10-5-11(16)14(12(20)6-10)19-8-13(21)17-26(19,23)24/h5-6,9,20H,2-4,7-8H2,1H3,(H,17,21). The van der Waals surface area contributed by atoms with Gasteiger partial charge < -0.3 is 14.7 Å². The number of ether oxygens (including phenoxy) is 1. The van der Waals surface area contributed by atoms with E-state index < -0.39 is 46.0 Å². The van der Waals surface area contributed by atoms with E-state index in [0.717, 1.165) is 6.07 Å². The molecule has 11 heteroatoms. The molecule has 0 aliphatic carbocycles. The average molecular weight is 387 g/mol. The molecule has 0 spiro atoms. The third-order valence-electron chi connectivity index (χ3n) is 4.42. The second kappa shape index (κ2) is 6.63. The highest BCUT2D eigenvalue weighted by Gasteiger charge is 2.37. The Morgan fingerprint density at radius 1 is 1.46 bits per heavy atom. The van der Waals surface area contributed by atoms with Gasteiger partial charge in [-0.1, -0.05) is 0 Å². The lowest BCUT2D eigenvalue weighted by atomic mass is 9.98. The Morgan fingerprint density at radius 3 is 2.77 bits per heavy atom. The third kappa shape index (κ3) is 3.39. The van der Waals surface area contributed by atoms with Crippen LogP contribution < -0.4 is 9.03 Å². The highest BCUT2D eigenvalue weighted by atomic mass is 32.2. The number of amides is 2. The molecule has 1 atom stereocenters. The van der Waals surface area contributed by atoms with E-state index in [1.54, 1.807) is 9.62 Å². The monoisotopic (exact) mass is 387 g/mol. The van der Waals surface area contributed by atoms with E-state index in [1.165, 1.54) is 13.2 Å². The molecule has 2 aliphatic heterocycles. The van der Waals surface area contributed by atoms with Crippen molar-refractivity contribution >= 4 is 27.9 Å². The maximum Gasteiger partial charge on any atom is 0.409 e. The van der Waals surface area contributed by atoms with Gasteiger partial charge in [0.2, 0.25) is 0 Å². The molecule has 0 aromatic heterocycles. The van der Waals surface area contributed by atoms with E-state index >= 15 is 0 Å². The fourth-order valence-electron chi connectivity index (χ4n) is 3.28. The second-order valence-electron chi connectivity index (χ2n) is 6.26. The Morgan fingerprint density at radius 2 is 2.19 bits per heavy atom. The first-order chi connectivity index (χ1) is 12.2. The maximum absolute atomic E-state index is 14.5. The summed E-state index contributed by atoms with van der Waals surface area (Å²) in [5.74, 6) is -2.25. The smallest absolute Gasteiger partial charge is 0.409 e. The molecule has 0 bridgehead atoms. The maximum atomic E-state index is 14.5. The van der Waals surface area contributed by atoms with Crippen molar-refractivity contribution in [2.45, 2.75) is 12.8 Å². The summed E-state index contributed by atoms with van der Waals surface area (Å²) in [6.45, 7) is 0.391. The Hall–Kier alpha value is -2.56. The first kappa shape index (κ1) is 18.2. The largest absolute Gasteiger partial charge is 0.506 e. The summed E-state index contributed by atoms with van der Waals surface area (Å²) >= 11 is 0. The van der Waals surface area contributed by atoms with Gasteiger partial charge in [0.05, 0.1) is 7.11 Å². The van der Waals surface area contributed by atoms with Crippen LogP contribution in [0.2, 0.25) is 0 Å². The molecule has 0 radical (unpaired) electrons. The summed E-state index contributed by atoms with van der Waals surface area (Å²) in [6, 6.07) is 2.41. The van der Waals surface area contributed by atoms with Crippen LogP contribution in [-0.2, 0) is 26.2 Å². The SMILES string of the molecule is COC(=O)N1CCC(Cc2cc(O)c(N3CC(=O)NS3(=O)=O)c(F)c2)C1. The first-order valence-electron chi connectivity index (χ1n) is 7.89. The van der Waals surface area contributed by atoms with Crippen LogP contribution in [0.25, 0.3) is 0 Å². The van der Waals surface area contributed by atoms with Gasteiger partial charge in [-0.2, -0.15) is 8.42 Å². The molecule has 142 valence electrons. The van der Waals surface area contributed by atoms with E-state index in [9.17, 15) is 27.5 Å². The number of likely N-dealkylation sites (tertiary alicyclic amines) is 1. The summed E-state index contributed by atoms with van der Waals surface area (Å²) in [4.78, 5) is 24.3. The highest BCUT2D eigenvalue weighted by Crippen LogP contribution is 2.35. The van der Waals surface area contributed by atoms with E-state index in [2.05, 4.69) is 4.74 Å². The predicted octanol–water partition coefficient (Wildman–Crippen LogP) is 0.343. The number of benzene rings is 1. The third-order valence-corrected chi connectivity index (χ3v) is 5.79. The fourth-order valence-corrected chi connectivity index (χ4v) is 4.45. The highest BCUT2D eigenvalue weighted by molar-refractivity contribution is 7.92. The summed E-state index contributed by atoms with van der Waals surface area (Å²) in [7, 11) is -2.91. The Balaban J connectivity index is 1.78. The average Bonchev–Trinajstić information content (AvgIpc) is 3.10. The van der Waals surface area contributed by atoms with Crippen LogP contribution in [0, 0.1) is 11.7 Å². The van der Waals surface area contributed by atoms with Crippen LogP contribution in [-0.4, -0.2) is 57.2 Å². The van der Waals surface area contributed by atoms with Crippen LogP contribution in [0.15, 0.2) is 12.1 Å². The zero-order valence-electron chi connectivity index (χ0n) is 13.9. The lowest BCUT2D eigenvalue weighted by Crippen LogP contribution is -2.30. The van der Waals surface area contributed by atoms with Crippen molar-refractivity contribution in [1.29, 1.82) is 0 Å². The Kier molecular flexibility index (Phi) is 4.65. The van der Waals surface area contributed by atoms with Crippen LogP contribution in [0.3, 0.4) is 0 Å². The Bertz CT molecular complexity index is 836. The molecule has 9 nitrogen and oxygen atoms in total. The number of hydrogen-bond donors (Lipinski definition) is 2. The number of carbonyl (C=O) groups is 2. The van der Waals surface area contributed by atoms with Crippen LogP contribution in [0.4, 0.5) is 14.9 Å². The van der Waals surface area contributed by atoms with E-state index in [4.69, 9.17) is 0 Å². The van der Waals surface area contributed by atoms with Gasteiger partial charge in [0, 0.05) is 13.1 Å². The molecule has 1 aromatic carbocycles. The molecule has 2 saturated heterocycles. The topological polar surface area (TPSA) is 116 Å². The quantitative estimate of drug-likeness (QED) is 0.773. The number of phenolic OH excluding ortho intramolecular Hbond substituents is 1. The van der Waals surface area contributed by atoms with Crippen LogP contribution in [0.1, 0.15) is 12.0 Å². The zero-order chi connectivity index (χ0) is 19.1. The molecule has 2 heterocycles. The molecule has 2 aliphatic rings. The van der Waals surface area contributed by atoms with Gasteiger partial charge in [-0.3, -0.25) is 4.79 Å². The predicted molar refractivity (Wildman–Crippen MR) is 88.3 cm³/mol. The molecule has 1 aromatic rings. The molecule has 1 unspecified atom stereocenters. The van der Waals surface area contributed by atoms with Gasteiger partial charge in [0.1, 0.15) is 18.0 Å².